The predicted molar refractivity (Wildman–Crippen MR) is 60.7 cm³/mol. The molecule has 1 fully saturated rings. The van der Waals surface area contributed by atoms with Gasteiger partial charge in [0.25, 0.3) is 0 Å². The molecule has 0 spiro atoms. The summed E-state index contributed by atoms with van der Waals surface area (Å²) in [4.78, 5) is -0.0715. The monoisotopic (exact) mass is 297 g/mol. The SMILES string of the molecule is Cn1cc(S(=O)(=O)N2CCC[C@H](C(F)(F)F)C2)cn1. The fraction of sp³-hybridized carbons (Fsp3) is 0.700. The molecule has 5 nitrogen and oxygen atoms in total. The highest BCUT2D eigenvalue weighted by Gasteiger charge is 2.44. The molecule has 2 rings (SSSR count). The zero-order valence-electron chi connectivity index (χ0n) is 10.3. The van der Waals surface area contributed by atoms with Crippen LogP contribution in [0.4, 0.5) is 13.2 Å². The van der Waals surface area contributed by atoms with Gasteiger partial charge in [-0.2, -0.15) is 22.6 Å². The second kappa shape index (κ2) is 4.78. The third-order valence-electron chi connectivity index (χ3n) is 3.17. The lowest BCUT2D eigenvalue weighted by molar-refractivity contribution is -0.182. The van der Waals surface area contributed by atoms with Gasteiger partial charge in [-0.15, -0.1) is 0 Å². The van der Waals surface area contributed by atoms with Crippen molar-refractivity contribution in [2.45, 2.75) is 23.9 Å². The molecule has 0 radical (unpaired) electrons. The highest BCUT2D eigenvalue weighted by Crippen LogP contribution is 2.34. The lowest BCUT2D eigenvalue weighted by Crippen LogP contribution is -2.44. The first-order chi connectivity index (χ1) is 8.71. The van der Waals surface area contributed by atoms with Crippen LogP contribution in [0.15, 0.2) is 17.3 Å². The summed E-state index contributed by atoms with van der Waals surface area (Å²) in [7, 11) is -2.34. The first-order valence-electron chi connectivity index (χ1n) is 5.77. The van der Waals surface area contributed by atoms with E-state index in [4.69, 9.17) is 0 Å². The van der Waals surface area contributed by atoms with Crippen LogP contribution in [0.25, 0.3) is 0 Å². The summed E-state index contributed by atoms with van der Waals surface area (Å²) in [5.41, 5.74) is 0. The molecule has 19 heavy (non-hydrogen) atoms. The third-order valence-corrected chi connectivity index (χ3v) is 4.98. The molecule has 9 heteroatoms. The number of hydrogen-bond acceptors (Lipinski definition) is 3. The van der Waals surface area contributed by atoms with Crippen molar-refractivity contribution >= 4 is 10.0 Å². The normalized spacial score (nSPS) is 22.6. The van der Waals surface area contributed by atoms with Crippen molar-refractivity contribution in [3.63, 3.8) is 0 Å². The maximum atomic E-state index is 12.7. The van der Waals surface area contributed by atoms with Gasteiger partial charge in [0.1, 0.15) is 4.90 Å². The Kier molecular flexibility index (Phi) is 3.61. The number of nitrogens with zero attached hydrogens (tertiary/aromatic N) is 3. The Bertz CT molecular complexity index is 553. The minimum absolute atomic E-state index is 0.0252. The van der Waals surface area contributed by atoms with E-state index in [9.17, 15) is 21.6 Å². The van der Waals surface area contributed by atoms with Crippen molar-refractivity contribution < 1.29 is 21.6 Å². The van der Waals surface area contributed by atoms with E-state index in [1.807, 2.05) is 0 Å². The van der Waals surface area contributed by atoms with Crippen LogP contribution >= 0.6 is 0 Å². The number of sulfonamides is 1. The lowest BCUT2D eigenvalue weighted by Gasteiger charge is -2.32. The minimum Gasteiger partial charge on any atom is -0.274 e. The molecule has 1 aliphatic rings. The van der Waals surface area contributed by atoms with Crippen LogP contribution in [0, 0.1) is 5.92 Å². The van der Waals surface area contributed by atoms with E-state index in [2.05, 4.69) is 5.10 Å². The molecule has 1 saturated heterocycles. The highest BCUT2D eigenvalue weighted by atomic mass is 32.2. The molecule has 0 saturated carbocycles. The predicted octanol–water partition coefficient (Wildman–Crippen LogP) is 1.38. The second-order valence-corrected chi connectivity index (χ2v) is 6.53. The van der Waals surface area contributed by atoms with Crippen LogP contribution < -0.4 is 0 Å². The van der Waals surface area contributed by atoms with Crippen LogP contribution in [-0.2, 0) is 17.1 Å². The molecule has 0 amide bonds. The number of hydrogen-bond donors (Lipinski definition) is 0. The number of aryl methyl sites for hydroxylation is 1. The number of alkyl halides is 3. The molecule has 0 bridgehead atoms. The van der Waals surface area contributed by atoms with Crippen LogP contribution in [0.2, 0.25) is 0 Å². The van der Waals surface area contributed by atoms with Gasteiger partial charge in [0.15, 0.2) is 0 Å². The fourth-order valence-corrected chi connectivity index (χ4v) is 3.62. The lowest BCUT2D eigenvalue weighted by atomic mass is 9.99. The van der Waals surface area contributed by atoms with Gasteiger partial charge in [-0.3, -0.25) is 4.68 Å². The van der Waals surface area contributed by atoms with E-state index in [0.29, 0.717) is 0 Å². The summed E-state index contributed by atoms with van der Waals surface area (Å²) in [6.07, 6.45) is -1.74. The number of rotatable bonds is 2. The number of halogens is 3. The molecule has 0 aliphatic carbocycles. The maximum Gasteiger partial charge on any atom is 0.393 e. The first kappa shape index (κ1) is 14.3. The van der Waals surface area contributed by atoms with Crippen molar-refractivity contribution in [2.24, 2.45) is 13.0 Å². The van der Waals surface area contributed by atoms with Gasteiger partial charge in [-0.05, 0) is 12.8 Å². The highest BCUT2D eigenvalue weighted by molar-refractivity contribution is 7.89. The molecule has 2 heterocycles. The maximum absolute atomic E-state index is 12.7. The fourth-order valence-electron chi connectivity index (χ4n) is 2.11. The molecule has 0 aromatic carbocycles. The van der Waals surface area contributed by atoms with Crippen molar-refractivity contribution in [1.29, 1.82) is 0 Å². The Morgan fingerprint density at radius 1 is 1.42 bits per heavy atom. The Morgan fingerprint density at radius 3 is 2.63 bits per heavy atom. The van der Waals surface area contributed by atoms with Crippen LogP contribution in [0.5, 0.6) is 0 Å². The number of aromatic nitrogens is 2. The largest absolute Gasteiger partial charge is 0.393 e. The zero-order chi connectivity index (χ0) is 14.3. The quantitative estimate of drug-likeness (QED) is 0.829. The van der Waals surface area contributed by atoms with Crippen LogP contribution in [-0.4, -0.2) is 41.8 Å². The topological polar surface area (TPSA) is 55.2 Å². The summed E-state index contributed by atoms with van der Waals surface area (Å²) in [5.74, 6) is -1.59. The molecular formula is C10H14F3N3O2S. The molecule has 1 aromatic heterocycles. The Hall–Kier alpha value is -1.09. The van der Waals surface area contributed by atoms with E-state index in [-0.39, 0.29) is 24.3 Å². The summed E-state index contributed by atoms with van der Waals surface area (Å²) in [6.45, 7) is -0.398. The number of piperidine rings is 1. The van der Waals surface area contributed by atoms with Gasteiger partial charge >= 0.3 is 6.18 Å². The van der Waals surface area contributed by atoms with Crippen LogP contribution in [0.3, 0.4) is 0 Å². The van der Waals surface area contributed by atoms with Gasteiger partial charge in [0, 0.05) is 26.3 Å². The summed E-state index contributed by atoms with van der Waals surface area (Å²) >= 11 is 0. The van der Waals surface area contributed by atoms with E-state index in [1.165, 1.54) is 10.9 Å². The van der Waals surface area contributed by atoms with Gasteiger partial charge in [0.05, 0.1) is 12.1 Å². The van der Waals surface area contributed by atoms with Crippen molar-refractivity contribution in [3.8, 4) is 0 Å². The van der Waals surface area contributed by atoms with E-state index in [0.717, 1.165) is 10.5 Å². The molecule has 0 unspecified atom stereocenters. The van der Waals surface area contributed by atoms with Gasteiger partial charge in [0.2, 0.25) is 10.0 Å². The molecular weight excluding hydrogens is 283 g/mol. The standard InChI is InChI=1S/C10H14F3N3O2S/c1-15-7-9(5-14-15)19(17,18)16-4-2-3-8(6-16)10(11,12)13/h5,7-8H,2-4,6H2,1H3/t8-/m0/s1. The minimum atomic E-state index is -4.36. The second-order valence-electron chi connectivity index (χ2n) is 4.59. The summed E-state index contributed by atoms with van der Waals surface area (Å²) in [6, 6.07) is 0. The Balaban J connectivity index is 2.22. The van der Waals surface area contributed by atoms with E-state index < -0.39 is 28.7 Å². The molecule has 1 atom stereocenters. The van der Waals surface area contributed by atoms with Gasteiger partial charge in [-0.1, -0.05) is 0 Å². The van der Waals surface area contributed by atoms with E-state index in [1.54, 1.807) is 7.05 Å². The molecule has 1 aliphatic heterocycles. The first-order valence-corrected chi connectivity index (χ1v) is 7.21. The third kappa shape index (κ3) is 2.92. The van der Waals surface area contributed by atoms with Crippen molar-refractivity contribution in [1.82, 2.24) is 14.1 Å². The average Bonchev–Trinajstić information content (AvgIpc) is 2.76. The van der Waals surface area contributed by atoms with Gasteiger partial charge in [-0.25, -0.2) is 8.42 Å². The Labute approximate surface area is 109 Å². The van der Waals surface area contributed by atoms with E-state index >= 15 is 0 Å². The van der Waals surface area contributed by atoms with Crippen molar-refractivity contribution in [3.05, 3.63) is 12.4 Å². The molecule has 1 aromatic rings. The zero-order valence-corrected chi connectivity index (χ0v) is 11.1. The van der Waals surface area contributed by atoms with Crippen molar-refractivity contribution in [2.75, 3.05) is 13.1 Å². The van der Waals surface area contributed by atoms with Crippen LogP contribution in [0.1, 0.15) is 12.8 Å². The molecule has 0 N–H and O–H groups in total. The molecule has 108 valence electrons. The summed E-state index contributed by atoms with van der Waals surface area (Å²) < 4.78 is 64.6. The summed E-state index contributed by atoms with van der Waals surface area (Å²) in [5, 5.41) is 3.73. The Morgan fingerprint density at radius 2 is 2.11 bits per heavy atom. The smallest absolute Gasteiger partial charge is 0.274 e. The van der Waals surface area contributed by atoms with Gasteiger partial charge < -0.3 is 0 Å². The average molecular weight is 297 g/mol.